The Morgan fingerprint density at radius 1 is 1.06 bits per heavy atom. The Morgan fingerprint density at radius 2 is 1.74 bits per heavy atom. The molecule has 35 heavy (non-hydrogen) atoms. The molecule has 2 fully saturated rings. The molecule has 2 aliphatic heterocycles. The molecular formula is C16H26N2O15P2. The van der Waals surface area contributed by atoms with Gasteiger partial charge in [-0.1, -0.05) is 0 Å². The summed E-state index contributed by atoms with van der Waals surface area (Å²) in [6.07, 6.45) is -11.7. The third kappa shape index (κ3) is 6.93. The van der Waals surface area contributed by atoms with Crippen molar-refractivity contribution in [3.63, 3.8) is 0 Å². The Morgan fingerprint density at radius 3 is 2.37 bits per heavy atom. The van der Waals surface area contributed by atoms with Crippen molar-refractivity contribution in [1.82, 2.24) is 9.55 Å². The first-order valence-electron chi connectivity index (χ1n) is 10.1. The summed E-state index contributed by atoms with van der Waals surface area (Å²) < 4.78 is 45.3. The number of aromatic nitrogens is 2. The minimum Gasteiger partial charge on any atom is -0.394 e. The Kier molecular flexibility index (Phi) is 8.87. The summed E-state index contributed by atoms with van der Waals surface area (Å²) in [5.41, 5.74) is -1.68. The molecule has 1 aromatic rings. The molecule has 3 rings (SSSR count). The molecule has 200 valence electrons. The lowest BCUT2D eigenvalue weighted by atomic mass is 10.0. The number of nitrogens with one attached hydrogen (secondary N) is 1. The van der Waals surface area contributed by atoms with E-state index >= 15 is 0 Å². The highest BCUT2D eigenvalue weighted by Crippen LogP contribution is 2.59. The summed E-state index contributed by atoms with van der Waals surface area (Å²) in [4.78, 5) is 45.0. The Hall–Kier alpha value is -1.30. The molecule has 2 unspecified atom stereocenters. The van der Waals surface area contributed by atoms with Crippen molar-refractivity contribution in [2.24, 2.45) is 0 Å². The predicted molar refractivity (Wildman–Crippen MR) is 111 cm³/mol. The Balaban J connectivity index is 1.60. The van der Waals surface area contributed by atoms with Gasteiger partial charge in [-0.15, -0.1) is 0 Å². The third-order valence-corrected chi connectivity index (χ3v) is 9.19. The molecule has 17 nitrogen and oxygen atoms in total. The summed E-state index contributed by atoms with van der Waals surface area (Å²) in [7, 11) is -9.91. The molecule has 0 radical (unpaired) electrons. The number of nitrogens with zero attached hydrogens (tertiary/aromatic N) is 1. The fourth-order valence-electron chi connectivity index (χ4n) is 3.50. The minimum absolute atomic E-state index is 0.184. The number of ether oxygens (including phenoxy) is 2. The van der Waals surface area contributed by atoms with Gasteiger partial charge in [-0.2, -0.15) is 0 Å². The first kappa shape index (κ1) is 28.3. The van der Waals surface area contributed by atoms with Crippen LogP contribution in [-0.4, -0.2) is 107 Å². The van der Waals surface area contributed by atoms with Crippen LogP contribution >= 0.6 is 15.2 Å². The van der Waals surface area contributed by atoms with Crippen LogP contribution in [0.2, 0.25) is 0 Å². The molecule has 0 saturated carbocycles. The van der Waals surface area contributed by atoms with Crippen LogP contribution < -0.4 is 11.2 Å². The van der Waals surface area contributed by atoms with Crippen LogP contribution in [0, 0.1) is 0 Å². The van der Waals surface area contributed by atoms with Crippen molar-refractivity contribution in [3.8, 4) is 0 Å². The smallest absolute Gasteiger partial charge is 0.342 e. The van der Waals surface area contributed by atoms with E-state index in [1.807, 2.05) is 4.98 Å². The second-order valence-corrected chi connectivity index (χ2v) is 12.1. The molecule has 8 N–H and O–H groups in total. The number of hydrogen-bond donors (Lipinski definition) is 8. The lowest BCUT2D eigenvalue weighted by Crippen LogP contribution is -2.50. The summed E-state index contributed by atoms with van der Waals surface area (Å²) in [5, 5.41) is 49.1. The van der Waals surface area contributed by atoms with Gasteiger partial charge in [0.2, 0.25) is 0 Å². The van der Waals surface area contributed by atoms with Gasteiger partial charge in [-0.25, -0.2) is 4.79 Å². The van der Waals surface area contributed by atoms with Gasteiger partial charge >= 0.3 is 20.9 Å². The maximum atomic E-state index is 12.4. The Labute approximate surface area is 196 Å². The largest absolute Gasteiger partial charge is 0.394 e. The number of aliphatic hydroxyl groups excluding tert-OH is 5. The van der Waals surface area contributed by atoms with Gasteiger partial charge in [0.1, 0.15) is 24.4 Å². The highest BCUT2D eigenvalue weighted by molar-refractivity contribution is 7.70. The molecule has 0 spiro atoms. The molecule has 3 heterocycles. The average Bonchev–Trinajstić information content (AvgIpc) is 3.03. The highest BCUT2D eigenvalue weighted by Gasteiger charge is 2.47. The van der Waals surface area contributed by atoms with Crippen LogP contribution in [-0.2, 0) is 27.7 Å². The molecule has 0 amide bonds. The quantitative estimate of drug-likeness (QED) is 0.138. The number of rotatable bonds is 9. The zero-order valence-corrected chi connectivity index (χ0v) is 19.6. The maximum absolute atomic E-state index is 12.4. The molecule has 0 aromatic carbocycles. The van der Waals surface area contributed by atoms with Crippen molar-refractivity contribution in [2.75, 3.05) is 19.1 Å². The zero-order chi connectivity index (χ0) is 26.1. The molecule has 2 saturated heterocycles. The topological polar surface area (TPSA) is 268 Å². The molecule has 0 aliphatic carbocycles. The van der Waals surface area contributed by atoms with Crippen molar-refractivity contribution in [3.05, 3.63) is 33.1 Å². The molecule has 19 heteroatoms. The van der Waals surface area contributed by atoms with Crippen LogP contribution in [0.4, 0.5) is 0 Å². The normalized spacial score (nSPS) is 37.0. The molecule has 0 bridgehead atoms. The van der Waals surface area contributed by atoms with Crippen molar-refractivity contribution >= 4 is 15.2 Å². The molecule has 2 aliphatic rings. The lowest BCUT2D eigenvalue weighted by molar-refractivity contribution is -0.242. The number of hydrogen-bond acceptors (Lipinski definition) is 13. The van der Waals surface area contributed by atoms with Gasteiger partial charge in [0.15, 0.2) is 18.4 Å². The number of H-pyrrole nitrogens is 1. The fraction of sp³-hybridized carbons (Fsp3) is 0.750. The lowest BCUT2D eigenvalue weighted by Gasteiger charge is -2.36. The zero-order valence-electron chi connectivity index (χ0n) is 17.8. The number of aliphatic hydroxyl groups is 5. The van der Waals surface area contributed by atoms with Crippen LogP contribution in [0.3, 0.4) is 0 Å². The molecule has 10 atom stereocenters. The minimum atomic E-state index is -4.99. The average molecular weight is 548 g/mol. The van der Waals surface area contributed by atoms with E-state index in [2.05, 4.69) is 0 Å². The van der Waals surface area contributed by atoms with E-state index in [1.165, 1.54) is 0 Å². The van der Waals surface area contributed by atoms with Crippen molar-refractivity contribution in [2.45, 2.75) is 55.6 Å². The van der Waals surface area contributed by atoms with Gasteiger partial charge in [0, 0.05) is 18.7 Å². The SMILES string of the molecule is O=c1ccn([C@@H]2O[C@H](COP(=O)(O)CP(=O)(O)O[C@H]3O[C@H](CO)C[C@H](O)[C@H]3O)[C@@H](O)[C@H]2O)c(=O)[nH]1. The molecule has 1 aromatic heterocycles. The van der Waals surface area contributed by atoms with E-state index in [0.29, 0.717) is 0 Å². The molecular weight excluding hydrogens is 522 g/mol. The maximum Gasteiger partial charge on any atom is 0.342 e. The summed E-state index contributed by atoms with van der Waals surface area (Å²) in [5.74, 6) is -1.49. The van der Waals surface area contributed by atoms with E-state index in [-0.39, 0.29) is 6.42 Å². The second-order valence-electron chi connectivity index (χ2n) is 7.98. The summed E-state index contributed by atoms with van der Waals surface area (Å²) in [6.45, 7) is -1.46. The van der Waals surface area contributed by atoms with E-state index in [9.17, 15) is 48.9 Å². The van der Waals surface area contributed by atoms with E-state index < -0.39 is 94.7 Å². The van der Waals surface area contributed by atoms with Crippen LogP contribution in [0.15, 0.2) is 21.9 Å². The van der Waals surface area contributed by atoms with Crippen LogP contribution in [0.25, 0.3) is 0 Å². The summed E-state index contributed by atoms with van der Waals surface area (Å²) >= 11 is 0. The van der Waals surface area contributed by atoms with E-state index in [1.54, 1.807) is 0 Å². The van der Waals surface area contributed by atoms with Crippen molar-refractivity contribution < 1.29 is 63.0 Å². The first-order chi connectivity index (χ1) is 16.2. The number of aromatic amines is 1. The monoisotopic (exact) mass is 548 g/mol. The summed E-state index contributed by atoms with van der Waals surface area (Å²) in [6, 6.07) is 0.961. The van der Waals surface area contributed by atoms with Gasteiger partial charge in [0.05, 0.1) is 25.4 Å². The Bertz CT molecular complexity index is 1090. The predicted octanol–water partition coefficient (Wildman–Crippen LogP) is -3.65. The van der Waals surface area contributed by atoms with Gasteiger partial charge in [0.25, 0.3) is 5.56 Å². The van der Waals surface area contributed by atoms with Gasteiger partial charge in [-0.05, 0) is 0 Å². The van der Waals surface area contributed by atoms with Crippen LogP contribution in [0.5, 0.6) is 0 Å². The van der Waals surface area contributed by atoms with Crippen LogP contribution in [0.1, 0.15) is 12.6 Å². The van der Waals surface area contributed by atoms with Gasteiger partial charge < -0.3 is 49.3 Å². The van der Waals surface area contributed by atoms with E-state index in [4.69, 9.17) is 23.6 Å². The second kappa shape index (κ2) is 11.0. The fourth-order valence-corrected chi connectivity index (χ4v) is 6.78. The highest BCUT2D eigenvalue weighted by atomic mass is 31.2. The third-order valence-electron chi connectivity index (χ3n) is 5.24. The van der Waals surface area contributed by atoms with E-state index in [0.717, 1.165) is 16.8 Å². The van der Waals surface area contributed by atoms with Gasteiger partial charge in [-0.3, -0.25) is 28.0 Å². The first-order valence-corrected chi connectivity index (χ1v) is 13.7. The standard InChI is InChI=1S/C16H26N2O15P2/c19-4-7-3-8(20)11(22)15(31-7)33-35(28,29)6-34(26,27)30-5-9-12(23)13(24)14(32-9)18-2-1-10(21)17-16(18)25/h1-2,7-9,11-15,19-20,22-24H,3-6H2,(H,26,27)(H,28,29)(H,17,21,25)/t7-,8-,9+,11+,12+,13+,14+,15+/m0/s1. The van der Waals surface area contributed by atoms with Crippen molar-refractivity contribution in [1.29, 1.82) is 0 Å².